The molecule has 3 N–H and O–H groups in total. The molecule has 7 aromatic rings. The summed E-state index contributed by atoms with van der Waals surface area (Å²) in [5.41, 5.74) is 7.02. The molecule has 40 heavy (non-hydrogen) atoms. The van der Waals surface area contributed by atoms with Crippen LogP contribution in [0.1, 0.15) is 16.0 Å². The minimum Gasteiger partial charge on any atom is -0.336 e. The number of aromatic nitrogens is 6. The molecule has 196 valence electrons. The van der Waals surface area contributed by atoms with Gasteiger partial charge in [0.1, 0.15) is 22.7 Å². The Kier molecular flexibility index (Phi) is 6.14. The molecule has 7 nitrogen and oxygen atoms in total. The highest BCUT2D eigenvalue weighted by molar-refractivity contribution is 7.15. The van der Waals surface area contributed by atoms with E-state index < -0.39 is 0 Å². The fourth-order valence-corrected chi connectivity index (χ4v) is 5.77. The first kappa shape index (κ1) is 24.3. The second-order valence-corrected chi connectivity index (χ2v) is 11.0. The predicted molar refractivity (Wildman–Crippen MR) is 157 cm³/mol. The molecule has 0 aliphatic carbocycles. The van der Waals surface area contributed by atoms with Gasteiger partial charge in [0, 0.05) is 59.1 Å². The lowest BCUT2D eigenvalue weighted by atomic mass is 10.0. The highest BCUT2D eigenvalue weighted by Crippen LogP contribution is 2.35. The molecule has 5 heterocycles. The Labute approximate surface area is 233 Å². The van der Waals surface area contributed by atoms with Crippen molar-refractivity contribution in [1.29, 1.82) is 0 Å². The fraction of sp³-hybridized carbons (Fsp3) is 0.0968. The quantitative estimate of drug-likeness (QED) is 0.200. The van der Waals surface area contributed by atoms with Crippen LogP contribution in [-0.4, -0.2) is 30.1 Å². The number of H-pyrrole nitrogens is 2. The highest BCUT2D eigenvalue weighted by Gasteiger charge is 2.19. The van der Waals surface area contributed by atoms with Crippen molar-refractivity contribution in [3.8, 4) is 33.2 Å². The van der Waals surface area contributed by atoms with Crippen molar-refractivity contribution < 1.29 is 4.39 Å². The first-order chi connectivity index (χ1) is 19.6. The summed E-state index contributed by atoms with van der Waals surface area (Å²) in [5.74, 6) is 0.251. The third-order valence-corrected chi connectivity index (χ3v) is 7.86. The third-order valence-electron chi connectivity index (χ3n) is 6.86. The van der Waals surface area contributed by atoms with Crippen LogP contribution in [0.2, 0.25) is 0 Å². The summed E-state index contributed by atoms with van der Waals surface area (Å²) in [4.78, 5) is 19.5. The monoisotopic (exact) mass is 545 g/mol. The number of hydrogen-bond acceptors (Lipinski definition) is 6. The minimum atomic E-state index is -0.344. The molecule has 0 atom stereocenters. The van der Waals surface area contributed by atoms with E-state index in [0.717, 1.165) is 39.1 Å². The Bertz CT molecular complexity index is 1970. The van der Waals surface area contributed by atoms with E-state index in [1.54, 1.807) is 29.9 Å². The number of hydrogen-bond donors (Lipinski definition) is 3. The maximum atomic E-state index is 15.3. The van der Waals surface area contributed by atoms with Gasteiger partial charge in [-0.15, -0.1) is 11.3 Å². The number of rotatable bonds is 7. The van der Waals surface area contributed by atoms with E-state index in [9.17, 15) is 0 Å². The smallest absolute Gasteiger partial charge is 0.159 e. The van der Waals surface area contributed by atoms with Gasteiger partial charge in [-0.1, -0.05) is 30.3 Å². The van der Waals surface area contributed by atoms with Crippen molar-refractivity contribution in [2.45, 2.75) is 20.0 Å². The maximum Gasteiger partial charge on any atom is 0.159 e. The molecule has 0 aliphatic heterocycles. The van der Waals surface area contributed by atoms with Crippen molar-refractivity contribution in [2.75, 3.05) is 0 Å². The largest absolute Gasteiger partial charge is 0.336 e. The molecule has 0 bridgehead atoms. The van der Waals surface area contributed by atoms with Crippen LogP contribution < -0.4 is 5.32 Å². The molecule has 5 aromatic heterocycles. The maximum absolute atomic E-state index is 15.3. The van der Waals surface area contributed by atoms with Gasteiger partial charge in [-0.3, -0.25) is 15.1 Å². The van der Waals surface area contributed by atoms with E-state index in [2.05, 4.69) is 61.7 Å². The molecule has 0 fully saturated rings. The van der Waals surface area contributed by atoms with E-state index in [-0.39, 0.29) is 5.82 Å². The van der Waals surface area contributed by atoms with Crippen LogP contribution in [0.5, 0.6) is 0 Å². The molecule has 0 spiro atoms. The van der Waals surface area contributed by atoms with Crippen molar-refractivity contribution >= 4 is 33.3 Å². The van der Waals surface area contributed by atoms with Crippen LogP contribution >= 0.6 is 11.3 Å². The molecule has 0 aliphatic rings. The van der Waals surface area contributed by atoms with Crippen molar-refractivity contribution in [3.63, 3.8) is 0 Å². The SMILES string of the molecule is Cc1ccc(-c2nccc3[nH]c(-c4n[nH]c5cc(F)c(-c6cncc(CNCc7ccccc7)c6)cc45)nc23)s1. The lowest BCUT2D eigenvalue weighted by Gasteiger charge is -2.08. The van der Waals surface area contributed by atoms with Gasteiger partial charge in [-0.2, -0.15) is 5.10 Å². The first-order valence-corrected chi connectivity index (χ1v) is 13.7. The van der Waals surface area contributed by atoms with Crippen LogP contribution in [0.4, 0.5) is 4.39 Å². The summed E-state index contributed by atoms with van der Waals surface area (Å²) in [6, 6.07) is 21.5. The van der Waals surface area contributed by atoms with Gasteiger partial charge in [0.25, 0.3) is 0 Å². The topological polar surface area (TPSA) is 95.2 Å². The van der Waals surface area contributed by atoms with Gasteiger partial charge in [-0.25, -0.2) is 9.37 Å². The van der Waals surface area contributed by atoms with E-state index in [4.69, 9.17) is 4.98 Å². The van der Waals surface area contributed by atoms with Crippen LogP contribution in [0, 0.1) is 12.7 Å². The Hall–Kier alpha value is -4.73. The molecule has 9 heteroatoms. The fourth-order valence-electron chi connectivity index (χ4n) is 4.91. The number of pyridine rings is 2. The number of thiophene rings is 1. The zero-order chi connectivity index (χ0) is 27.1. The van der Waals surface area contributed by atoms with Gasteiger partial charge < -0.3 is 10.3 Å². The van der Waals surface area contributed by atoms with Gasteiger partial charge in [0.2, 0.25) is 0 Å². The number of halogens is 1. The lowest BCUT2D eigenvalue weighted by Crippen LogP contribution is -2.12. The summed E-state index contributed by atoms with van der Waals surface area (Å²) in [7, 11) is 0. The van der Waals surface area contributed by atoms with Crippen LogP contribution in [0.15, 0.2) is 85.3 Å². The second kappa shape index (κ2) is 10.1. The van der Waals surface area contributed by atoms with Crippen molar-refractivity contribution in [2.24, 2.45) is 0 Å². The Morgan fingerprint density at radius 2 is 1.77 bits per heavy atom. The lowest BCUT2D eigenvalue weighted by molar-refractivity contribution is 0.632. The molecule has 0 saturated carbocycles. The number of benzene rings is 2. The number of aromatic amines is 2. The average molecular weight is 546 g/mol. The Morgan fingerprint density at radius 3 is 2.62 bits per heavy atom. The number of nitrogens with zero attached hydrogens (tertiary/aromatic N) is 4. The third kappa shape index (κ3) is 4.55. The average Bonchev–Trinajstić information content (AvgIpc) is 3.71. The normalized spacial score (nSPS) is 11.6. The molecule has 0 saturated heterocycles. The number of nitrogens with one attached hydrogen (secondary N) is 3. The molecule has 0 radical (unpaired) electrons. The Morgan fingerprint density at radius 1 is 0.900 bits per heavy atom. The van der Waals surface area contributed by atoms with Gasteiger partial charge in [0.05, 0.1) is 15.9 Å². The Balaban J connectivity index is 1.22. The molecule has 7 rings (SSSR count). The van der Waals surface area contributed by atoms with Crippen molar-refractivity contribution in [1.82, 2.24) is 35.5 Å². The minimum absolute atomic E-state index is 0.344. The molecule has 0 unspecified atom stereocenters. The zero-order valence-corrected chi connectivity index (χ0v) is 22.4. The second-order valence-electron chi connectivity index (χ2n) is 9.67. The number of fused-ring (bicyclic) bond motifs is 2. The van der Waals surface area contributed by atoms with Gasteiger partial charge in [0.15, 0.2) is 5.82 Å². The molecule has 0 amide bonds. The first-order valence-electron chi connectivity index (χ1n) is 12.9. The van der Waals surface area contributed by atoms with Gasteiger partial charge in [-0.05, 0) is 48.4 Å². The highest BCUT2D eigenvalue weighted by atomic mass is 32.1. The van der Waals surface area contributed by atoms with Crippen LogP contribution in [-0.2, 0) is 13.1 Å². The number of imidazole rings is 1. The summed E-state index contributed by atoms with van der Waals surface area (Å²) < 4.78 is 15.3. The van der Waals surface area contributed by atoms with Crippen molar-refractivity contribution in [3.05, 3.63) is 107 Å². The van der Waals surface area contributed by atoms with E-state index >= 15 is 4.39 Å². The summed E-state index contributed by atoms with van der Waals surface area (Å²) in [5, 5.41) is 11.7. The summed E-state index contributed by atoms with van der Waals surface area (Å²) in [6.07, 6.45) is 5.27. The number of aryl methyl sites for hydroxylation is 1. The summed E-state index contributed by atoms with van der Waals surface area (Å²) in [6.45, 7) is 3.43. The predicted octanol–water partition coefficient (Wildman–Crippen LogP) is 7.03. The van der Waals surface area contributed by atoms with E-state index in [1.807, 2.05) is 36.4 Å². The van der Waals surface area contributed by atoms with Crippen LogP contribution in [0.3, 0.4) is 0 Å². The standard InChI is InChI=1S/C31H24FN7S/c1-18-7-8-27(40-18)30-29-25(9-10-35-30)36-31(37-29)28-23-12-22(24(32)13-26(23)38-39-28)21-11-20(16-34-17-21)15-33-14-19-5-3-2-4-6-19/h2-13,16-17,33H,14-15H2,1H3,(H,36,37)(H,38,39). The molecule has 2 aromatic carbocycles. The van der Waals surface area contributed by atoms with Crippen LogP contribution in [0.25, 0.3) is 55.2 Å². The van der Waals surface area contributed by atoms with E-state index in [0.29, 0.717) is 34.7 Å². The van der Waals surface area contributed by atoms with E-state index in [1.165, 1.54) is 16.5 Å². The molecular formula is C31H24FN7S. The van der Waals surface area contributed by atoms with Gasteiger partial charge >= 0.3 is 0 Å². The zero-order valence-electron chi connectivity index (χ0n) is 21.6. The molecular weight excluding hydrogens is 521 g/mol. The summed E-state index contributed by atoms with van der Waals surface area (Å²) >= 11 is 1.68.